The summed E-state index contributed by atoms with van der Waals surface area (Å²) < 4.78 is 4.90. The van der Waals surface area contributed by atoms with Crippen LogP contribution in [0.1, 0.15) is 65.2 Å². The Morgan fingerprint density at radius 3 is 2.55 bits per heavy atom. The lowest BCUT2D eigenvalue weighted by molar-refractivity contribution is -0.139. The number of benzene rings is 1. The number of fused-ring (bicyclic) bond motifs is 1. The normalized spacial score (nSPS) is 32.3. The van der Waals surface area contributed by atoms with Gasteiger partial charge >= 0.3 is 0 Å². The Morgan fingerprint density at radius 2 is 1.87 bits per heavy atom. The number of aliphatic hydroxyl groups excluding tert-OH is 1. The number of ether oxygens (including phenoxy) is 1. The highest BCUT2D eigenvalue weighted by Gasteiger charge is 2.75. The van der Waals surface area contributed by atoms with E-state index < -0.39 is 22.6 Å². The fraction of sp³-hybridized carbons (Fsp3) is 0.690. The van der Waals surface area contributed by atoms with E-state index in [-0.39, 0.29) is 41.5 Å². The number of anilines is 1. The first-order valence-electron chi connectivity index (χ1n) is 14.3. The largest absolute Gasteiger partial charge is 0.494 e. The predicted molar refractivity (Wildman–Crippen MR) is 148 cm³/mol. The second-order valence-electron chi connectivity index (χ2n) is 11.3. The van der Waals surface area contributed by atoms with Gasteiger partial charge in [0.05, 0.1) is 23.2 Å². The maximum absolute atomic E-state index is 14.1. The summed E-state index contributed by atoms with van der Waals surface area (Å²) in [6.07, 6.45) is 7.40. The molecule has 0 aromatic heterocycles. The molecule has 4 aliphatic rings. The number of rotatable bonds is 10. The molecule has 1 aliphatic carbocycles. The van der Waals surface area contributed by atoms with Crippen molar-refractivity contribution in [3.63, 3.8) is 0 Å². The van der Waals surface area contributed by atoms with Gasteiger partial charge in [0.25, 0.3) is 0 Å². The highest BCUT2D eigenvalue weighted by Crippen LogP contribution is 2.68. The summed E-state index contributed by atoms with van der Waals surface area (Å²) in [4.78, 5) is 43.5. The lowest BCUT2D eigenvalue weighted by Crippen LogP contribution is -2.57. The van der Waals surface area contributed by atoms with Crippen LogP contribution in [0, 0.1) is 17.8 Å². The summed E-state index contributed by atoms with van der Waals surface area (Å²) in [7, 11) is 0. The Hall–Kier alpha value is -2.26. The fourth-order valence-corrected chi connectivity index (χ4v) is 9.73. The Morgan fingerprint density at radius 1 is 1.13 bits per heavy atom. The molecular formula is C29H41N3O5S. The van der Waals surface area contributed by atoms with Gasteiger partial charge in [0, 0.05) is 30.1 Å². The fourth-order valence-electron chi connectivity index (χ4n) is 7.31. The molecule has 1 aromatic carbocycles. The standard InChI is InChI=1S/C29H41N3O5S/c1-3-37-21-13-11-20(12-14-21)30-26(34)23-22-17-18(2)29(38-22)24(23)28(36)32(15-7-8-16-33)25(29)27(35)31-19-9-5-4-6-10-19/h11-14,18-19,22-25,33H,3-10,15-17H2,1-2H3,(H,30,34)(H,31,35)/t18?,22-,23+,24-,25?,29?/m0/s1. The van der Waals surface area contributed by atoms with Gasteiger partial charge in [0.15, 0.2) is 0 Å². The second kappa shape index (κ2) is 11.5. The minimum Gasteiger partial charge on any atom is -0.494 e. The first kappa shape index (κ1) is 27.3. The quantitative estimate of drug-likeness (QED) is 0.390. The number of aliphatic hydroxyl groups is 1. The van der Waals surface area contributed by atoms with Crippen LogP contribution < -0.4 is 15.4 Å². The molecule has 1 spiro atoms. The Labute approximate surface area is 229 Å². The second-order valence-corrected chi connectivity index (χ2v) is 12.9. The molecule has 6 atom stereocenters. The number of carbonyl (C=O) groups excluding carboxylic acids is 3. The van der Waals surface area contributed by atoms with E-state index in [2.05, 4.69) is 17.6 Å². The SMILES string of the molecule is CCOc1ccc(NC(=O)[C@@H]2[C@@H]3CC(C)C4(S3)C(C(=O)NC3CCCCC3)N(CCCCO)C(=O)[C@H]24)cc1. The van der Waals surface area contributed by atoms with E-state index in [0.717, 1.165) is 37.9 Å². The van der Waals surface area contributed by atoms with Crippen molar-refractivity contribution in [3.05, 3.63) is 24.3 Å². The number of carbonyl (C=O) groups is 3. The zero-order valence-corrected chi connectivity index (χ0v) is 23.3. The molecule has 9 heteroatoms. The molecule has 4 fully saturated rings. The van der Waals surface area contributed by atoms with E-state index >= 15 is 0 Å². The average molecular weight is 544 g/mol. The molecule has 0 radical (unpaired) electrons. The van der Waals surface area contributed by atoms with Gasteiger partial charge in [-0.2, -0.15) is 0 Å². The maximum atomic E-state index is 14.1. The number of thioether (sulfide) groups is 1. The molecule has 3 N–H and O–H groups in total. The number of hydrogen-bond acceptors (Lipinski definition) is 6. The van der Waals surface area contributed by atoms with E-state index in [1.54, 1.807) is 16.7 Å². The van der Waals surface area contributed by atoms with E-state index in [1.807, 2.05) is 31.2 Å². The van der Waals surface area contributed by atoms with Crippen LogP contribution >= 0.6 is 11.8 Å². The monoisotopic (exact) mass is 543 g/mol. The van der Waals surface area contributed by atoms with Crippen molar-refractivity contribution in [1.29, 1.82) is 0 Å². The van der Waals surface area contributed by atoms with Crippen LogP contribution in [-0.4, -0.2) is 69.6 Å². The van der Waals surface area contributed by atoms with Crippen molar-refractivity contribution >= 4 is 35.2 Å². The number of likely N-dealkylation sites (tertiary alicyclic amines) is 1. The van der Waals surface area contributed by atoms with Crippen LogP contribution in [-0.2, 0) is 14.4 Å². The Kier molecular flexibility index (Phi) is 8.24. The third-order valence-electron chi connectivity index (χ3n) is 8.99. The Bertz CT molecular complexity index is 1030. The highest BCUT2D eigenvalue weighted by atomic mass is 32.2. The summed E-state index contributed by atoms with van der Waals surface area (Å²) >= 11 is 1.71. The zero-order valence-electron chi connectivity index (χ0n) is 22.5. The summed E-state index contributed by atoms with van der Waals surface area (Å²) in [6.45, 7) is 5.11. The maximum Gasteiger partial charge on any atom is 0.244 e. The van der Waals surface area contributed by atoms with Crippen LogP contribution in [0.2, 0.25) is 0 Å². The molecule has 1 aromatic rings. The summed E-state index contributed by atoms with van der Waals surface area (Å²) in [5, 5.41) is 15.7. The molecule has 3 aliphatic heterocycles. The van der Waals surface area contributed by atoms with Crippen LogP contribution in [0.15, 0.2) is 24.3 Å². The minimum atomic E-state index is -0.611. The van der Waals surface area contributed by atoms with E-state index in [9.17, 15) is 19.5 Å². The Balaban J connectivity index is 1.41. The third kappa shape index (κ3) is 4.81. The molecule has 3 amide bonds. The summed E-state index contributed by atoms with van der Waals surface area (Å²) in [5.74, 6) is -0.425. The zero-order chi connectivity index (χ0) is 26.9. The first-order chi connectivity index (χ1) is 18.4. The van der Waals surface area contributed by atoms with Gasteiger partial charge in [-0.3, -0.25) is 14.4 Å². The van der Waals surface area contributed by atoms with Gasteiger partial charge in [0.2, 0.25) is 17.7 Å². The van der Waals surface area contributed by atoms with Crippen molar-refractivity contribution in [2.24, 2.45) is 17.8 Å². The molecule has 1 saturated carbocycles. The predicted octanol–water partition coefficient (Wildman–Crippen LogP) is 3.58. The molecular weight excluding hydrogens is 502 g/mol. The van der Waals surface area contributed by atoms with Gasteiger partial charge in [-0.15, -0.1) is 11.8 Å². The van der Waals surface area contributed by atoms with Gasteiger partial charge in [-0.05, 0) is 69.2 Å². The summed E-state index contributed by atoms with van der Waals surface area (Å²) in [5.41, 5.74) is 0.671. The van der Waals surface area contributed by atoms with E-state index in [4.69, 9.17) is 4.74 Å². The first-order valence-corrected chi connectivity index (χ1v) is 15.2. The van der Waals surface area contributed by atoms with Crippen molar-refractivity contribution in [1.82, 2.24) is 10.2 Å². The van der Waals surface area contributed by atoms with E-state index in [0.29, 0.717) is 31.7 Å². The van der Waals surface area contributed by atoms with Crippen LogP contribution in [0.4, 0.5) is 5.69 Å². The summed E-state index contributed by atoms with van der Waals surface area (Å²) in [6, 6.07) is 6.85. The average Bonchev–Trinajstić information content (AvgIpc) is 3.50. The number of nitrogens with one attached hydrogen (secondary N) is 2. The minimum absolute atomic E-state index is 0.00576. The van der Waals surface area contributed by atoms with Gasteiger partial charge < -0.3 is 25.4 Å². The number of amides is 3. The molecule has 3 heterocycles. The molecule has 208 valence electrons. The lowest BCUT2D eigenvalue weighted by Gasteiger charge is -2.39. The van der Waals surface area contributed by atoms with Gasteiger partial charge in [-0.1, -0.05) is 26.2 Å². The number of nitrogens with zero attached hydrogens (tertiary/aromatic N) is 1. The highest BCUT2D eigenvalue weighted by molar-refractivity contribution is 8.02. The smallest absolute Gasteiger partial charge is 0.244 e. The van der Waals surface area contributed by atoms with Gasteiger partial charge in [-0.25, -0.2) is 0 Å². The van der Waals surface area contributed by atoms with Crippen LogP contribution in [0.25, 0.3) is 0 Å². The molecule has 3 unspecified atom stereocenters. The van der Waals surface area contributed by atoms with Crippen molar-refractivity contribution < 1.29 is 24.2 Å². The number of unbranched alkanes of at least 4 members (excludes halogenated alkanes) is 1. The molecule has 8 nitrogen and oxygen atoms in total. The van der Waals surface area contributed by atoms with Crippen LogP contribution in [0.5, 0.6) is 5.75 Å². The van der Waals surface area contributed by atoms with Crippen LogP contribution in [0.3, 0.4) is 0 Å². The lowest BCUT2D eigenvalue weighted by atomic mass is 9.65. The third-order valence-corrected chi connectivity index (χ3v) is 11.1. The molecule has 38 heavy (non-hydrogen) atoms. The topological polar surface area (TPSA) is 108 Å². The molecule has 5 rings (SSSR count). The van der Waals surface area contributed by atoms with Gasteiger partial charge in [0.1, 0.15) is 11.8 Å². The number of hydrogen-bond donors (Lipinski definition) is 3. The van der Waals surface area contributed by atoms with Crippen molar-refractivity contribution in [3.8, 4) is 5.75 Å². The van der Waals surface area contributed by atoms with E-state index in [1.165, 1.54) is 6.42 Å². The van der Waals surface area contributed by atoms with Crippen molar-refractivity contribution in [2.75, 3.05) is 25.1 Å². The molecule has 2 bridgehead atoms. The van der Waals surface area contributed by atoms with Crippen molar-refractivity contribution in [2.45, 2.75) is 87.3 Å². The molecule has 3 saturated heterocycles.